The van der Waals surface area contributed by atoms with Crippen LogP contribution in [0, 0.1) is 0 Å². The molecule has 1 spiro atoms. The number of imide groups is 1. The molecular formula is C22H19N5O5. The molecule has 0 unspecified atom stereocenters. The molecular weight excluding hydrogens is 414 g/mol. The van der Waals surface area contributed by atoms with Crippen LogP contribution in [-0.2, 0) is 21.6 Å². The van der Waals surface area contributed by atoms with E-state index in [1.165, 1.54) is 7.05 Å². The van der Waals surface area contributed by atoms with Gasteiger partial charge in [-0.3, -0.25) is 10.1 Å². The normalized spacial score (nSPS) is 21.2. The number of aromatic nitrogens is 2. The molecule has 3 aromatic rings. The summed E-state index contributed by atoms with van der Waals surface area (Å²) < 4.78 is 11.3. The van der Waals surface area contributed by atoms with Crippen LogP contribution in [0.5, 0.6) is 0 Å². The predicted octanol–water partition coefficient (Wildman–Crippen LogP) is 2.68. The van der Waals surface area contributed by atoms with E-state index >= 15 is 0 Å². The lowest BCUT2D eigenvalue weighted by Gasteiger charge is -2.20. The van der Waals surface area contributed by atoms with Gasteiger partial charge in [0.2, 0.25) is 17.4 Å². The van der Waals surface area contributed by atoms with Crippen molar-refractivity contribution in [3.63, 3.8) is 0 Å². The summed E-state index contributed by atoms with van der Waals surface area (Å²) >= 11 is 0. The van der Waals surface area contributed by atoms with Gasteiger partial charge in [-0.25, -0.2) is 9.59 Å². The Morgan fingerprint density at radius 3 is 2.72 bits per heavy atom. The van der Waals surface area contributed by atoms with Crippen LogP contribution in [0.1, 0.15) is 29.4 Å². The molecule has 3 N–H and O–H groups in total. The Hall–Kier alpha value is -4.21. The molecule has 2 heterocycles. The molecule has 2 aliphatic rings. The van der Waals surface area contributed by atoms with Gasteiger partial charge in [0.25, 0.3) is 5.91 Å². The molecule has 0 radical (unpaired) electrons. The van der Waals surface area contributed by atoms with Crippen LogP contribution in [0.15, 0.2) is 52.9 Å². The number of hydrogen-bond donors (Lipinski definition) is 3. The molecule has 162 valence electrons. The summed E-state index contributed by atoms with van der Waals surface area (Å²) in [6, 6.07) is 14.2. The molecule has 1 saturated heterocycles. The second-order valence-corrected chi connectivity index (χ2v) is 7.65. The van der Waals surface area contributed by atoms with Crippen LogP contribution in [0.25, 0.3) is 11.5 Å². The number of benzene rings is 2. The van der Waals surface area contributed by atoms with E-state index < -0.39 is 17.6 Å². The topological polar surface area (TPSA) is 135 Å². The van der Waals surface area contributed by atoms with Crippen LogP contribution in [0.2, 0.25) is 0 Å². The lowest BCUT2D eigenvalue weighted by atomic mass is 9.94. The van der Waals surface area contributed by atoms with Gasteiger partial charge in [0.15, 0.2) is 0 Å². The van der Waals surface area contributed by atoms with Crippen molar-refractivity contribution in [2.45, 2.75) is 24.4 Å². The van der Waals surface area contributed by atoms with Crippen molar-refractivity contribution in [1.29, 1.82) is 0 Å². The van der Waals surface area contributed by atoms with Crippen molar-refractivity contribution < 1.29 is 23.5 Å². The van der Waals surface area contributed by atoms with Gasteiger partial charge in [-0.1, -0.05) is 24.3 Å². The Kier molecular flexibility index (Phi) is 4.62. The monoisotopic (exact) mass is 433 g/mol. The number of urea groups is 1. The number of rotatable bonds is 4. The van der Waals surface area contributed by atoms with E-state index in [0.717, 1.165) is 11.1 Å². The number of fused-ring (bicyclic) bond motifs is 2. The van der Waals surface area contributed by atoms with Gasteiger partial charge >= 0.3 is 12.1 Å². The predicted molar refractivity (Wildman–Crippen MR) is 112 cm³/mol. The van der Waals surface area contributed by atoms with Gasteiger partial charge in [0.1, 0.15) is 0 Å². The molecule has 10 heteroatoms. The molecule has 10 nitrogen and oxygen atoms in total. The summed E-state index contributed by atoms with van der Waals surface area (Å²) in [6.07, 6.45) is -0.215. The van der Waals surface area contributed by atoms with Crippen LogP contribution in [0.4, 0.5) is 15.3 Å². The van der Waals surface area contributed by atoms with Gasteiger partial charge in [-0.15, -0.1) is 10.2 Å². The van der Waals surface area contributed by atoms with E-state index in [-0.39, 0.29) is 18.4 Å². The lowest BCUT2D eigenvalue weighted by molar-refractivity contribution is -0.132. The van der Waals surface area contributed by atoms with Crippen molar-refractivity contribution in [2.24, 2.45) is 0 Å². The number of carbonyl (C=O) groups excluding carboxylic acids is 3. The Morgan fingerprint density at radius 1 is 1.19 bits per heavy atom. The number of nitrogens with zero attached hydrogens (tertiary/aromatic N) is 2. The summed E-state index contributed by atoms with van der Waals surface area (Å²) in [4.78, 5) is 36.3. The zero-order chi connectivity index (χ0) is 22.3. The van der Waals surface area contributed by atoms with Gasteiger partial charge in [0.05, 0.1) is 0 Å². The third-order valence-electron chi connectivity index (χ3n) is 5.70. The molecule has 0 saturated carbocycles. The maximum Gasteiger partial charge on any atom is 0.415 e. The van der Waals surface area contributed by atoms with Crippen LogP contribution in [0.3, 0.4) is 0 Å². The summed E-state index contributed by atoms with van der Waals surface area (Å²) in [5.74, 6) is 0.0331. The SMILES string of the molecule is CNC(=O)Nc1ccc2c(c1)[C@H](Cc1nnc(-c3ccccc3)o1)C[C@]21OC(=O)NC1=O. The fourth-order valence-corrected chi connectivity index (χ4v) is 4.27. The first-order valence-corrected chi connectivity index (χ1v) is 10.0. The van der Waals surface area contributed by atoms with E-state index in [0.29, 0.717) is 29.5 Å². The number of nitrogens with one attached hydrogen (secondary N) is 3. The minimum atomic E-state index is -1.41. The van der Waals surface area contributed by atoms with E-state index in [1.54, 1.807) is 18.2 Å². The zero-order valence-electron chi connectivity index (χ0n) is 17.0. The van der Waals surface area contributed by atoms with Crippen LogP contribution >= 0.6 is 0 Å². The molecule has 2 atom stereocenters. The molecule has 0 bridgehead atoms. The van der Waals surface area contributed by atoms with Crippen LogP contribution < -0.4 is 16.0 Å². The molecule has 5 rings (SSSR count). The first-order chi connectivity index (χ1) is 15.5. The largest absolute Gasteiger partial charge is 0.427 e. The number of amides is 4. The lowest BCUT2D eigenvalue weighted by Crippen LogP contribution is -2.34. The Labute approximate surface area is 182 Å². The number of carbonyl (C=O) groups is 3. The van der Waals surface area contributed by atoms with Gasteiger partial charge < -0.3 is 19.8 Å². The highest BCUT2D eigenvalue weighted by Crippen LogP contribution is 2.50. The molecule has 1 aliphatic carbocycles. The summed E-state index contributed by atoms with van der Waals surface area (Å²) in [5.41, 5.74) is 1.28. The first kappa shape index (κ1) is 19.7. The second kappa shape index (κ2) is 7.49. The number of anilines is 1. The third kappa shape index (κ3) is 3.25. The minimum Gasteiger partial charge on any atom is -0.427 e. The average Bonchev–Trinajstić information content (AvgIpc) is 3.46. The molecule has 4 amide bonds. The highest BCUT2D eigenvalue weighted by molar-refractivity contribution is 6.04. The average molecular weight is 433 g/mol. The van der Waals surface area contributed by atoms with Crippen molar-refractivity contribution in [2.75, 3.05) is 12.4 Å². The van der Waals surface area contributed by atoms with E-state index in [9.17, 15) is 14.4 Å². The standard InChI is InChI=1S/C22H19N5O5/c1-23-20(29)24-14-7-8-16-15(10-14)13(11-22(16)19(28)25-21(30)32-22)9-17-26-27-18(31-17)12-5-3-2-4-6-12/h2-8,10,13H,9,11H2,1H3,(H2,23,24,29)(H,25,28,30)/t13-,22+/m1/s1. The Balaban J connectivity index is 1.49. The summed E-state index contributed by atoms with van der Waals surface area (Å²) in [6.45, 7) is 0. The van der Waals surface area contributed by atoms with E-state index in [4.69, 9.17) is 9.15 Å². The highest BCUT2D eigenvalue weighted by Gasteiger charge is 2.57. The first-order valence-electron chi connectivity index (χ1n) is 10.0. The van der Waals surface area contributed by atoms with Crippen molar-refractivity contribution in [3.05, 3.63) is 65.5 Å². The van der Waals surface area contributed by atoms with Crippen molar-refractivity contribution >= 4 is 23.7 Å². The molecule has 1 fully saturated rings. The van der Waals surface area contributed by atoms with E-state index in [2.05, 4.69) is 26.1 Å². The Morgan fingerprint density at radius 2 is 2.00 bits per heavy atom. The maximum atomic E-state index is 12.7. The zero-order valence-corrected chi connectivity index (χ0v) is 17.0. The summed E-state index contributed by atoms with van der Waals surface area (Å²) in [5, 5.41) is 15.7. The number of alkyl carbamates (subject to hydrolysis) is 1. The summed E-state index contributed by atoms with van der Waals surface area (Å²) in [7, 11) is 1.52. The maximum absolute atomic E-state index is 12.7. The quantitative estimate of drug-likeness (QED) is 0.576. The smallest absolute Gasteiger partial charge is 0.415 e. The van der Waals surface area contributed by atoms with Crippen molar-refractivity contribution in [1.82, 2.24) is 20.8 Å². The highest BCUT2D eigenvalue weighted by atomic mass is 16.6. The van der Waals surface area contributed by atoms with Gasteiger partial charge in [0, 0.05) is 36.7 Å². The van der Waals surface area contributed by atoms with Crippen LogP contribution in [-0.4, -0.2) is 35.3 Å². The molecule has 1 aliphatic heterocycles. The molecule has 1 aromatic heterocycles. The van der Waals surface area contributed by atoms with E-state index in [1.807, 2.05) is 30.3 Å². The van der Waals surface area contributed by atoms with Gasteiger partial charge in [-0.05, 0) is 35.7 Å². The minimum absolute atomic E-state index is 0.229. The van der Waals surface area contributed by atoms with Crippen molar-refractivity contribution in [3.8, 4) is 11.5 Å². The molecule has 2 aromatic carbocycles. The second-order valence-electron chi connectivity index (χ2n) is 7.65. The van der Waals surface area contributed by atoms with Gasteiger partial charge in [-0.2, -0.15) is 0 Å². The molecule has 32 heavy (non-hydrogen) atoms. The number of ether oxygens (including phenoxy) is 1. The third-order valence-corrected chi connectivity index (χ3v) is 5.70. The fraction of sp³-hybridized carbons (Fsp3) is 0.227. The number of hydrogen-bond acceptors (Lipinski definition) is 7. The Bertz CT molecular complexity index is 1220. The fourth-order valence-electron chi connectivity index (χ4n) is 4.27.